The number of aryl methyl sites for hydroxylation is 2. The molecule has 2 aromatic rings. The summed E-state index contributed by atoms with van der Waals surface area (Å²) in [5.41, 5.74) is 0.857. The molecule has 0 spiro atoms. The molecule has 0 saturated carbocycles. The predicted octanol–water partition coefficient (Wildman–Crippen LogP) is 1.25. The van der Waals surface area contributed by atoms with Gasteiger partial charge in [-0.25, -0.2) is 9.67 Å². The van der Waals surface area contributed by atoms with Crippen LogP contribution in [0.5, 0.6) is 0 Å². The lowest BCUT2D eigenvalue weighted by atomic mass is 10.4. The van der Waals surface area contributed by atoms with Crippen LogP contribution in [-0.2, 0) is 17.8 Å². The molecule has 1 N–H and O–H groups in total. The second-order valence-electron chi connectivity index (χ2n) is 4.54. The molecule has 2 heterocycles. The van der Waals surface area contributed by atoms with Gasteiger partial charge >= 0.3 is 0 Å². The van der Waals surface area contributed by atoms with Crippen molar-refractivity contribution in [2.24, 2.45) is 0 Å². The van der Waals surface area contributed by atoms with Gasteiger partial charge in [-0.1, -0.05) is 13.8 Å². The Hall–Kier alpha value is -1.76. The number of nitrogens with one attached hydrogen (secondary N) is 1. The third-order valence-corrected chi connectivity index (χ3v) is 4.18. The van der Waals surface area contributed by atoms with E-state index in [9.17, 15) is 9.59 Å². The van der Waals surface area contributed by atoms with Crippen LogP contribution in [0.1, 0.15) is 31.0 Å². The highest BCUT2D eigenvalue weighted by Gasteiger charge is 2.14. The third kappa shape index (κ3) is 2.87. The number of thiazole rings is 1. The van der Waals surface area contributed by atoms with Crippen LogP contribution in [0.15, 0.2) is 4.79 Å². The zero-order chi connectivity index (χ0) is 14.7. The summed E-state index contributed by atoms with van der Waals surface area (Å²) in [5, 5.41) is 7.86. The molecule has 0 bridgehead atoms. The fraction of sp³-hybridized carbons (Fsp3) is 0.538. The van der Waals surface area contributed by atoms with Gasteiger partial charge in [0.15, 0.2) is 5.52 Å². The summed E-state index contributed by atoms with van der Waals surface area (Å²) < 4.78 is 2.01. The molecule has 108 valence electrons. The number of nitrogens with zero attached hydrogens (tertiary/aromatic N) is 3. The summed E-state index contributed by atoms with van der Waals surface area (Å²) in [7, 11) is 0. The van der Waals surface area contributed by atoms with Crippen molar-refractivity contribution < 1.29 is 4.79 Å². The average molecular weight is 294 g/mol. The van der Waals surface area contributed by atoms with Crippen molar-refractivity contribution in [2.75, 3.05) is 6.54 Å². The average Bonchev–Trinajstić information content (AvgIpc) is 2.87. The molecule has 0 aliphatic carbocycles. The van der Waals surface area contributed by atoms with Crippen LogP contribution in [0.2, 0.25) is 0 Å². The first-order chi connectivity index (χ1) is 9.56. The third-order valence-electron chi connectivity index (χ3n) is 2.88. The molecule has 7 heteroatoms. The number of rotatable bonds is 5. The molecular weight excluding hydrogens is 276 g/mol. The molecule has 0 saturated heterocycles. The number of aromatic nitrogens is 3. The minimum absolute atomic E-state index is 0.0609. The first kappa shape index (κ1) is 14.6. The van der Waals surface area contributed by atoms with Crippen molar-refractivity contribution in [2.45, 2.75) is 40.2 Å². The van der Waals surface area contributed by atoms with Crippen molar-refractivity contribution in [1.82, 2.24) is 20.1 Å². The Kier molecular flexibility index (Phi) is 4.49. The number of amides is 1. The van der Waals surface area contributed by atoms with Crippen LogP contribution < -0.4 is 10.9 Å². The molecule has 20 heavy (non-hydrogen) atoms. The highest BCUT2D eigenvalue weighted by Crippen LogP contribution is 2.21. The zero-order valence-electron chi connectivity index (χ0n) is 11.9. The van der Waals surface area contributed by atoms with E-state index in [1.54, 1.807) is 0 Å². The van der Waals surface area contributed by atoms with E-state index in [-0.39, 0.29) is 18.0 Å². The summed E-state index contributed by atoms with van der Waals surface area (Å²) in [5.74, 6) is -0.203. The Bertz CT molecular complexity index is 689. The van der Waals surface area contributed by atoms with E-state index in [1.165, 1.54) is 16.0 Å². The molecule has 0 aliphatic heterocycles. The van der Waals surface area contributed by atoms with Gasteiger partial charge in [-0.3, -0.25) is 9.59 Å². The molecule has 2 rings (SSSR count). The topological polar surface area (TPSA) is 76.9 Å². The van der Waals surface area contributed by atoms with Gasteiger partial charge in [-0.2, -0.15) is 5.10 Å². The van der Waals surface area contributed by atoms with Crippen LogP contribution in [-0.4, -0.2) is 27.2 Å². The number of fused-ring (bicyclic) bond motifs is 1. The molecule has 0 aliphatic rings. The van der Waals surface area contributed by atoms with Crippen molar-refractivity contribution in [3.63, 3.8) is 0 Å². The van der Waals surface area contributed by atoms with Crippen LogP contribution in [0.4, 0.5) is 0 Å². The number of hydrogen-bond acceptors (Lipinski definition) is 5. The SMILES string of the molecule is CCCNC(=O)Cn1nc(C)c2sc(CC)nc2c1=O. The fourth-order valence-corrected chi connectivity index (χ4v) is 2.80. The predicted molar refractivity (Wildman–Crippen MR) is 79.1 cm³/mol. The lowest BCUT2D eigenvalue weighted by molar-refractivity contribution is -0.121. The van der Waals surface area contributed by atoms with Crippen LogP contribution in [0.3, 0.4) is 0 Å². The smallest absolute Gasteiger partial charge is 0.294 e. The summed E-state index contributed by atoms with van der Waals surface area (Å²) in [6.45, 7) is 6.35. The lowest BCUT2D eigenvalue weighted by Crippen LogP contribution is -2.34. The van der Waals surface area contributed by atoms with Gasteiger partial charge < -0.3 is 5.32 Å². The van der Waals surface area contributed by atoms with Gasteiger partial charge in [0.2, 0.25) is 5.91 Å². The number of carbonyl (C=O) groups is 1. The van der Waals surface area contributed by atoms with Crippen molar-refractivity contribution in [3.8, 4) is 0 Å². The second kappa shape index (κ2) is 6.13. The highest BCUT2D eigenvalue weighted by atomic mass is 32.1. The van der Waals surface area contributed by atoms with E-state index in [2.05, 4.69) is 15.4 Å². The second-order valence-corrected chi connectivity index (χ2v) is 5.62. The first-order valence-electron chi connectivity index (χ1n) is 6.70. The normalized spacial score (nSPS) is 10.9. The van der Waals surface area contributed by atoms with E-state index in [1.807, 2.05) is 20.8 Å². The summed E-state index contributed by atoms with van der Waals surface area (Å²) in [6, 6.07) is 0. The zero-order valence-corrected chi connectivity index (χ0v) is 12.7. The first-order valence-corrected chi connectivity index (χ1v) is 7.52. The Balaban J connectivity index is 2.37. The fourth-order valence-electron chi connectivity index (χ4n) is 1.86. The largest absolute Gasteiger partial charge is 0.355 e. The van der Waals surface area contributed by atoms with Gasteiger partial charge in [0, 0.05) is 6.54 Å². The maximum absolute atomic E-state index is 12.3. The van der Waals surface area contributed by atoms with Gasteiger partial charge in [-0.05, 0) is 19.8 Å². The quantitative estimate of drug-likeness (QED) is 0.900. The molecular formula is C13H18N4O2S. The maximum Gasteiger partial charge on any atom is 0.294 e. The maximum atomic E-state index is 12.3. The van der Waals surface area contributed by atoms with Crippen molar-refractivity contribution >= 4 is 27.5 Å². The Labute approximate surface area is 120 Å². The van der Waals surface area contributed by atoms with E-state index < -0.39 is 0 Å². The minimum Gasteiger partial charge on any atom is -0.355 e. The van der Waals surface area contributed by atoms with Crippen molar-refractivity contribution in [3.05, 3.63) is 21.1 Å². The number of carbonyl (C=O) groups excluding carboxylic acids is 1. The molecule has 0 atom stereocenters. The van der Waals surface area contributed by atoms with E-state index in [0.717, 1.165) is 28.2 Å². The Morgan fingerprint density at radius 1 is 1.40 bits per heavy atom. The van der Waals surface area contributed by atoms with E-state index in [4.69, 9.17) is 0 Å². The van der Waals surface area contributed by atoms with Crippen LogP contribution in [0.25, 0.3) is 10.2 Å². The molecule has 6 nitrogen and oxygen atoms in total. The summed E-state index contributed by atoms with van der Waals surface area (Å²) >= 11 is 1.49. The van der Waals surface area contributed by atoms with Crippen LogP contribution in [0, 0.1) is 6.92 Å². The monoisotopic (exact) mass is 294 g/mol. The Morgan fingerprint density at radius 3 is 2.80 bits per heavy atom. The summed E-state index contributed by atoms with van der Waals surface area (Å²) in [4.78, 5) is 28.3. The molecule has 1 amide bonds. The Morgan fingerprint density at radius 2 is 2.15 bits per heavy atom. The highest BCUT2D eigenvalue weighted by molar-refractivity contribution is 7.18. The van der Waals surface area contributed by atoms with E-state index in [0.29, 0.717) is 12.1 Å². The molecule has 0 aromatic carbocycles. The van der Waals surface area contributed by atoms with Gasteiger partial charge in [0.1, 0.15) is 6.54 Å². The summed E-state index contributed by atoms with van der Waals surface area (Å²) in [6.07, 6.45) is 1.65. The lowest BCUT2D eigenvalue weighted by Gasteiger charge is -2.06. The van der Waals surface area contributed by atoms with Gasteiger partial charge in [0.25, 0.3) is 5.56 Å². The van der Waals surface area contributed by atoms with Gasteiger partial charge in [-0.15, -0.1) is 11.3 Å². The van der Waals surface area contributed by atoms with Gasteiger partial charge in [0.05, 0.1) is 15.4 Å². The molecule has 2 aromatic heterocycles. The standard InChI is InChI=1S/C13H18N4O2S/c1-4-6-14-9(18)7-17-13(19)11-12(8(3)16-17)20-10(5-2)15-11/h4-7H2,1-3H3,(H,14,18). The molecule has 0 radical (unpaired) electrons. The van der Waals surface area contributed by atoms with Crippen molar-refractivity contribution in [1.29, 1.82) is 0 Å². The minimum atomic E-state index is -0.298. The number of hydrogen-bond donors (Lipinski definition) is 1. The van der Waals surface area contributed by atoms with Crippen LogP contribution >= 0.6 is 11.3 Å². The van der Waals surface area contributed by atoms with E-state index >= 15 is 0 Å². The molecule has 0 fully saturated rings. The molecule has 0 unspecified atom stereocenters.